The van der Waals surface area contributed by atoms with E-state index in [1.807, 2.05) is 18.2 Å². The lowest BCUT2D eigenvalue weighted by molar-refractivity contribution is 0.0945. The summed E-state index contributed by atoms with van der Waals surface area (Å²) >= 11 is 1.65. The molecule has 0 unspecified atom stereocenters. The van der Waals surface area contributed by atoms with E-state index in [0.29, 0.717) is 17.9 Å². The first kappa shape index (κ1) is 24.6. The fraction of sp³-hybridized carbons (Fsp3) is 0.400. The number of nitrogens with zero attached hydrogens (tertiary/aromatic N) is 7. The van der Waals surface area contributed by atoms with E-state index in [1.165, 1.54) is 12.4 Å². The van der Waals surface area contributed by atoms with Crippen molar-refractivity contribution < 1.29 is 4.79 Å². The molecule has 0 spiro atoms. The Labute approximate surface area is 210 Å². The van der Waals surface area contributed by atoms with Crippen molar-refractivity contribution >= 4 is 28.2 Å². The molecule has 1 fully saturated rings. The van der Waals surface area contributed by atoms with Crippen LogP contribution in [0.5, 0.6) is 0 Å². The van der Waals surface area contributed by atoms with Crippen LogP contribution in [0.25, 0.3) is 11.3 Å². The molecule has 10 heteroatoms. The number of hydrazine groups is 1. The second-order valence-electron chi connectivity index (χ2n) is 9.84. The van der Waals surface area contributed by atoms with Crippen molar-refractivity contribution in [2.45, 2.75) is 20.8 Å². The van der Waals surface area contributed by atoms with Crippen LogP contribution in [0.4, 0.5) is 10.9 Å². The average Bonchev–Trinajstić information content (AvgIpc) is 3.34. The molecular formula is C25H30N8OS. The van der Waals surface area contributed by atoms with Crippen LogP contribution >= 0.6 is 11.3 Å². The monoisotopic (exact) mass is 490 g/mol. The van der Waals surface area contributed by atoms with Crippen LogP contribution < -0.4 is 15.3 Å². The van der Waals surface area contributed by atoms with Crippen molar-refractivity contribution in [2.24, 2.45) is 5.41 Å². The molecule has 2 aromatic heterocycles. The normalized spacial score (nSPS) is 14.4. The number of likely N-dealkylation sites (N-methyl/N-ethyl adjacent to an activating group) is 1. The molecule has 0 atom stereocenters. The number of carbonyl (C=O) groups excluding carboxylic acids is 1. The van der Waals surface area contributed by atoms with Gasteiger partial charge in [-0.25, -0.2) is 15.0 Å². The Bertz CT molecular complexity index is 1190. The zero-order valence-electron chi connectivity index (χ0n) is 20.5. The van der Waals surface area contributed by atoms with Crippen molar-refractivity contribution in [1.29, 1.82) is 5.26 Å². The fourth-order valence-corrected chi connectivity index (χ4v) is 4.58. The maximum atomic E-state index is 13.0. The molecule has 4 rings (SSSR count). The second-order valence-corrected chi connectivity index (χ2v) is 10.7. The number of benzene rings is 1. The molecule has 1 amide bonds. The average molecular weight is 491 g/mol. The van der Waals surface area contributed by atoms with Gasteiger partial charge >= 0.3 is 0 Å². The van der Waals surface area contributed by atoms with Gasteiger partial charge in [-0.2, -0.15) is 5.26 Å². The Morgan fingerprint density at radius 3 is 2.46 bits per heavy atom. The minimum atomic E-state index is -0.247. The van der Waals surface area contributed by atoms with Gasteiger partial charge in [-0.3, -0.25) is 15.2 Å². The van der Waals surface area contributed by atoms with Gasteiger partial charge in [0.2, 0.25) is 0 Å². The van der Waals surface area contributed by atoms with Crippen molar-refractivity contribution in [1.82, 2.24) is 25.3 Å². The standard InChI is InChI=1S/C25H30N8OS/c1-25(2,3)17-33(22-15-27-20(13-26)14-28-22)30-23(34)19-7-5-18(6-8-19)21-16-35-24(29-21)32-11-9-31(4)10-12-32/h5-8,14-16H,9-12,17H2,1-4H3,(H,30,34). The molecular weight excluding hydrogens is 460 g/mol. The van der Waals surface area contributed by atoms with Crippen molar-refractivity contribution in [2.75, 3.05) is 49.7 Å². The number of carbonyl (C=O) groups is 1. The topological polar surface area (TPSA) is 101 Å². The third-order valence-corrected chi connectivity index (χ3v) is 6.51. The van der Waals surface area contributed by atoms with Crippen molar-refractivity contribution in [3.8, 4) is 17.3 Å². The van der Waals surface area contributed by atoms with E-state index in [9.17, 15) is 4.79 Å². The second kappa shape index (κ2) is 10.4. The summed E-state index contributed by atoms with van der Waals surface area (Å²) in [7, 11) is 2.14. The van der Waals surface area contributed by atoms with E-state index >= 15 is 0 Å². The summed E-state index contributed by atoms with van der Waals surface area (Å²) in [5.41, 5.74) is 5.47. The molecule has 1 N–H and O–H groups in total. The lowest BCUT2D eigenvalue weighted by Crippen LogP contribution is -2.47. The van der Waals surface area contributed by atoms with Gasteiger partial charge in [0.15, 0.2) is 16.6 Å². The van der Waals surface area contributed by atoms with Crippen LogP contribution in [0.2, 0.25) is 0 Å². The molecule has 0 radical (unpaired) electrons. The van der Waals surface area contributed by atoms with E-state index < -0.39 is 0 Å². The summed E-state index contributed by atoms with van der Waals surface area (Å²) in [5.74, 6) is 0.228. The number of thiazole rings is 1. The summed E-state index contributed by atoms with van der Waals surface area (Å²) < 4.78 is 0. The maximum absolute atomic E-state index is 13.0. The number of nitriles is 1. The maximum Gasteiger partial charge on any atom is 0.269 e. The lowest BCUT2D eigenvalue weighted by atomic mass is 9.97. The summed E-state index contributed by atoms with van der Waals surface area (Å²) in [5, 5.41) is 13.8. The van der Waals surface area contributed by atoms with Gasteiger partial charge in [0.05, 0.1) is 18.1 Å². The zero-order valence-corrected chi connectivity index (χ0v) is 21.3. The van der Waals surface area contributed by atoms with Crippen molar-refractivity contribution in [3.63, 3.8) is 0 Å². The third kappa shape index (κ3) is 6.32. The molecule has 1 aliphatic rings. The predicted octanol–water partition coefficient (Wildman–Crippen LogP) is 3.42. The Morgan fingerprint density at radius 2 is 1.86 bits per heavy atom. The first-order chi connectivity index (χ1) is 16.7. The highest BCUT2D eigenvalue weighted by molar-refractivity contribution is 7.14. The van der Waals surface area contributed by atoms with E-state index in [0.717, 1.165) is 42.6 Å². The van der Waals surface area contributed by atoms with Crippen LogP contribution in [0.15, 0.2) is 42.0 Å². The lowest BCUT2D eigenvalue weighted by Gasteiger charge is -2.32. The highest BCUT2D eigenvalue weighted by Gasteiger charge is 2.21. The predicted molar refractivity (Wildman–Crippen MR) is 138 cm³/mol. The van der Waals surface area contributed by atoms with Gasteiger partial charge in [0, 0.05) is 49.2 Å². The number of aromatic nitrogens is 3. The molecule has 0 aliphatic carbocycles. The highest BCUT2D eigenvalue weighted by Crippen LogP contribution is 2.28. The molecule has 0 saturated carbocycles. The molecule has 3 heterocycles. The van der Waals surface area contributed by atoms with Crippen LogP contribution in [0.3, 0.4) is 0 Å². The van der Waals surface area contributed by atoms with Crippen LogP contribution in [-0.2, 0) is 0 Å². The molecule has 3 aromatic rings. The van der Waals surface area contributed by atoms with Crippen LogP contribution in [-0.4, -0.2) is 65.5 Å². The number of hydrogen-bond donors (Lipinski definition) is 1. The number of hydrogen-bond acceptors (Lipinski definition) is 9. The molecule has 1 aromatic carbocycles. The number of anilines is 2. The van der Waals surface area contributed by atoms with E-state index in [4.69, 9.17) is 10.2 Å². The van der Waals surface area contributed by atoms with Gasteiger partial charge in [-0.1, -0.05) is 32.9 Å². The van der Waals surface area contributed by atoms with E-state index in [2.05, 4.69) is 58.4 Å². The quantitative estimate of drug-likeness (QED) is 0.525. The largest absolute Gasteiger partial charge is 0.346 e. The summed E-state index contributed by atoms with van der Waals surface area (Å²) in [6, 6.07) is 9.42. The Kier molecular flexibility index (Phi) is 7.28. The minimum Gasteiger partial charge on any atom is -0.346 e. The third-order valence-electron chi connectivity index (χ3n) is 5.61. The zero-order chi connectivity index (χ0) is 25.0. The van der Waals surface area contributed by atoms with Gasteiger partial charge in [0.1, 0.15) is 6.07 Å². The minimum absolute atomic E-state index is 0.112. The fourth-order valence-electron chi connectivity index (χ4n) is 3.69. The van der Waals surface area contributed by atoms with Crippen LogP contribution in [0, 0.1) is 16.7 Å². The smallest absolute Gasteiger partial charge is 0.269 e. The van der Waals surface area contributed by atoms with E-state index in [1.54, 1.807) is 28.5 Å². The van der Waals surface area contributed by atoms with Gasteiger partial charge in [0.25, 0.3) is 5.91 Å². The van der Waals surface area contributed by atoms with E-state index in [-0.39, 0.29) is 17.0 Å². The molecule has 35 heavy (non-hydrogen) atoms. The summed E-state index contributed by atoms with van der Waals surface area (Å²) in [6.07, 6.45) is 2.89. The summed E-state index contributed by atoms with van der Waals surface area (Å²) in [4.78, 5) is 30.9. The Morgan fingerprint density at radius 1 is 1.14 bits per heavy atom. The van der Waals surface area contributed by atoms with Crippen LogP contribution in [0.1, 0.15) is 36.8 Å². The molecule has 1 aliphatic heterocycles. The SMILES string of the molecule is CN1CCN(c2nc(-c3ccc(C(=O)NN(CC(C)(C)C)c4cnc(C#N)cn4)cc3)cs2)CC1. The number of amides is 1. The number of nitrogens with one attached hydrogen (secondary N) is 1. The Hall–Kier alpha value is -3.55. The first-order valence-corrected chi connectivity index (χ1v) is 12.4. The Balaban J connectivity index is 1.46. The van der Waals surface area contributed by atoms with Gasteiger partial charge < -0.3 is 9.80 Å². The number of piperazine rings is 1. The molecule has 0 bridgehead atoms. The van der Waals surface area contributed by atoms with Crippen molar-refractivity contribution in [3.05, 3.63) is 53.3 Å². The first-order valence-electron chi connectivity index (χ1n) is 11.5. The molecule has 1 saturated heterocycles. The van der Waals surface area contributed by atoms with Gasteiger partial charge in [-0.15, -0.1) is 11.3 Å². The number of rotatable bonds is 6. The summed E-state index contributed by atoms with van der Waals surface area (Å²) in [6.45, 7) is 10.8. The molecule has 182 valence electrons. The van der Waals surface area contributed by atoms with Gasteiger partial charge in [-0.05, 0) is 24.6 Å². The highest BCUT2D eigenvalue weighted by atomic mass is 32.1. The molecule has 9 nitrogen and oxygen atoms in total.